The molecule has 0 aliphatic rings. The van der Waals surface area contributed by atoms with E-state index in [0.717, 1.165) is 12.8 Å². The van der Waals surface area contributed by atoms with Crippen LogP contribution < -0.4 is 0 Å². The van der Waals surface area contributed by atoms with E-state index >= 15 is 0 Å². The summed E-state index contributed by atoms with van der Waals surface area (Å²) in [5, 5.41) is 8.50. The average molecular weight is 157 g/mol. The Morgan fingerprint density at radius 1 is 1.38 bits per heavy atom. The van der Waals surface area contributed by atoms with E-state index in [1.165, 1.54) is 0 Å². The van der Waals surface area contributed by atoms with Crippen molar-refractivity contribution < 1.29 is 5.11 Å². The number of unbranched alkanes of at least 4 members (excludes halogenated alkanes) is 1. The smallest absolute Gasteiger partial charge is 0.128 e. The fraction of sp³-hybridized carbons (Fsp3) is 1.00. The zero-order valence-electron chi connectivity index (χ0n) is 4.61. The molecule has 0 bridgehead atoms. The SMILES string of the molecule is OC(Cl)CCCCCl. The molecule has 3 heteroatoms. The normalized spacial score (nSPS) is 13.9. The van der Waals surface area contributed by atoms with Crippen LogP contribution in [0.2, 0.25) is 0 Å². The number of alkyl halides is 2. The molecule has 0 amide bonds. The van der Waals surface area contributed by atoms with E-state index in [0.29, 0.717) is 12.3 Å². The summed E-state index contributed by atoms with van der Waals surface area (Å²) in [6.45, 7) is 0. The molecule has 0 heterocycles. The molecule has 0 rings (SSSR count). The van der Waals surface area contributed by atoms with Gasteiger partial charge in [-0.2, -0.15) is 0 Å². The molecule has 1 unspecified atom stereocenters. The molecule has 50 valence electrons. The van der Waals surface area contributed by atoms with Gasteiger partial charge >= 0.3 is 0 Å². The molecule has 0 aliphatic carbocycles. The van der Waals surface area contributed by atoms with Crippen LogP contribution in [-0.2, 0) is 0 Å². The minimum atomic E-state index is -0.682. The Hall–Kier alpha value is 0.540. The molecule has 0 saturated carbocycles. The van der Waals surface area contributed by atoms with Crippen molar-refractivity contribution in [1.29, 1.82) is 0 Å². The van der Waals surface area contributed by atoms with E-state index in [1.54, 1.807) is 0 Å². The second-order valence-corrected chi connectivity index (χ2v) is 2.50. The first-order valence-electron chi connectivity index (χ1n) is 2.65. The number of halogens is 2. The summed E-state index contributed by atoms with van der Waals surface area (Å²) in [6.07, 6.45) is 2.49. The highest BCUT2D eigenvalue weighted by Gasteiger charge is 1.94. The minimum absolute atomic E-state index is 0.647. The fourth-order valence-corrected chi connectivity index (χ4v) is 0.751. The van der Waals surface area contributed by atoms with Gasteiger partial charge in [-0.15, -0.1) is 11.6 Å². The van der Waals surface area contributed by atoms with Gasteiger partial charge in [0.05, 0.1) is 0 Å². The van der Waals surface area contributed by atoms with Crippen LogP contribution in [0.25, 0.3) is 0 Å². The molecular formula is C5H10Cl2O. The quantitative estimate of drug-likeness (QED) is 0.488. The monoisotopic (exact) mass is 156 g/mol. The Balaban J connectivity index is 2.72. The van der Waals surface area contributed by atoms with Crippen molar-refractivity contribution in [3.63, 3.8) is 0 Å². The van der Waals surface area contributed by atoms with E-state index in [-0.39, 0.29) is 0 Å². The summed E-state index contributed by atoms with van der Waals surface area (Å²) in [6, 6.07) is 0. The maximum atomic E-state index is 8.50. The Bertz CT molecular complexity index is 47.7. The zero-order valence-corrected chi connectivity index (χ0v) is 6.12. The number of aliphatic hydroxyl groups is 1. The average Bonchev–Trinajstić information content (AvgIpc) is 1.66. The van der Waals surface area contributed by atoms with Crippen LogP contribution in [0.1, 0.15) is 19.3 Å². The molecule has 0 aromatic carbocycles. The van der Waals surface area contributed by atoms with Crippen LogP contribution in [0.4, 0.5) is 0 Å². The molecule has 1 atom stereocenters. The predicted octanol–water partition coefficient (Wildman–Crippen LogP) is 1.95. The lowest BCUT2D eigenvalue weighted by molar-refractivity contribution is 0.242. The van der Waals surface area contributed by atoms with Crippen molar-refractivity contribution in [2.45, 2.75) is 24.8 Å². The molecule has 0 saturated heterocycles. The van der Waals surface area contributed by atoms with Crippen molar-refractivity contribution in [1.82, 2.24) is 0 Å². The van der Waals surface area contributed by atoms with Crippen LogP contribution >= 0.6 is 23.2 Å². The van der Waals surface area contributed by atoms with E-state index < -0.39 is 5.56 Å². The zero-order chi connectivity index (χ0) is 6.41. The van der Waals surface area contributed by atoms with Crippen molar-refractivity contribution >= 4 is 23.2 Å². The summed E-state index contributed by atoms with van der Waals surface area (Å²) in [7, 11) is 0. The Morgan fingerprint density at radius 2 is 2.00 bits per heavy atom. The third-order valence-corrected chi connectivity index (χ3v) is 1.31. The number of hydrogen-bond acceptors (Lipinski definition) is 1. The lowest BCUT2D eigenvalue weighted by atomic mass is 10.3. The van der Waals surface area contributed by atoms with Gasteiger partial charge in [0.1, 0.15) is 5.56 Å². The van der Waals surface area contributed by atoms with Gasteiger partial charge in [-0.05, 0) is 19.3 Å². The van der Waals surface area contributed by atoms with E-state index in [1.807, 2.05) is 0 Å². The van der Waals surface area contributed by atoms with Gasteiger partial charge in [-0.25, -0.2) is 0 Å². The van der Waals surface area contributed by atoms with Crippen LogP contribution in [-0.4, -0.2) is 16.5 Å². The van der Waals surface area contributed by atoms with E-state index in [9.17, 15) is 0 Å². The second kappa shape index (κ2) is 5.67. The Kier molecular flexibility index (Phi) is 6.06. The standard InChI is InChI=1S/C5H10Cl2O/c6-4-2-1-3-5(7)8/h5,8H,1-4H2. The van der Waals surface area contributed by atoms with Crippen LogP contribution in [0.5, 0.6) is 0 Å². The van der Waals surface area contributed by atoms with Crippen molar-refractivity contribution in [3.05, 3.63) is 0 Å². The van der Waals surface area contributed by atoms with E-state index in [4.69, 9.17) is 28.3 Å². The van der Waals surface area contributed by atoms with Crippen LogP contribution in [0, 0.1) is 0 Å². The third-order valence-electron chi connectivity index (χ3n) is 0.826. The van der Waals surface area contributed by atoms with Crippen LogP contribution in [0.3, 0.4) is 0 Å². The molecule has 0 fully saturated rings. The summed E-state index contributed by atoms with van der Waals surface area (Å²) in [4.78, 5) is 0. The number of rotatable bonds is 4. The first-order valence-corrected chi connectivity index (χ1v) is 3.62. The van der Waals surface area contributed by atoms with Gasteiger partial charge in [0.15, 0.2) is 0 Å². The first kappa shape index (κ1) is 8.54. The fourth-order valence-electron chi connectivity index (χ4n) is 0.407. The maximum absolute atomic E-state index is 8.50. The van der Waals surface area contributed by atoms with E-state index in [2.05, 4.69) is 0 Å². The maximum Gasteiger partial charge on any atom is 0.128 e. The van der Waals surface area contributed by atoms with Crippen molar-refractivity contribution in [2.24, 2.45) is 0 Å². The summed E-state index contributed by atoms with van der Waals surface area (Å²) < 4.78 is 0. The van der Waals surface area contributed by atoms with Gasteiger partial charge in [-0.3, -0.25) is 0 Å². The van der Waals surface area contributed by atoms with Gasteiger partial charge < -0.3 is 5.11 Å². The summed E-state index contributed by atoms with van der Waals surface area (Å²) in [5.41, 5.74) is -0.682. The highest BCUT2D eigenvalue weighted by molar-refractivity contribution is 6.19. The largest absolute Gasteiger partial charge is 0.378 e. The highest BCUT2D eigenvalue weighted by Crippen LogP contribution is 2.03. The first-order chi connectivity index (χ1) is 3.77. The third kappa shape index (κ3) is 6.54. The minimum Gasteiger partial charge on any atom is -0.378 e. The number of hydrogen-bond donors (Lipinski definition) is 1. The second-order valence-electron chi connectivity index (χ2n) is 1.62. The number of aliphatic hydroxyl groups excluding tert-OH is 1. The molecule has 1 nitrogen and oxygen atoms in total. The molecular weight excluding hydrogens is 147 g/mol. The molecule has 1 N–H and O–H groups in total. The predicted molar refractivity (Wildman–Crippen MR) is 36.4 cm³/mol. The molecule has 0 aromatic heterocycles. The summed E-state index contributed by atoms with van der Waals surface area (Å²) >= 11 is 10.6. The van der Waals surface area contributed by atoms with Gasteiger partial charge in [0.2, 0.25) is 0 Å². The lowest BCUT2D eigenvalue weighted by Crippen LogP contribution is -1.94. The molecule has 0 aromatic rings. The Morgan fingerprint density at radius 3 is 2.38 bits per heavy atom. The van der Waals surface area contributed by atoms with Crippen LogP contribution in [0.15, 0.2) is 0 Å². The molecule has 8 heavy (non-hydrogen) atoms. The molecule has 0 spiro atoms. The topological polar surface area (TPSA) is 20.2 Å². The van der Waals surface area contributed by atoms with Gasteiger partial charge in [0, 0.05) is 5.88 Å². The van der Waals surface area contributed by atoms with Gasteiger partial charge in [0.25, 0.3) is 0 Å². The highest BCUT2D eigenvalue weighted by atomic mass is 35.5. The lowest BCUT2D eigenvalue weighted by Gasteiger charge is -1.97. The summed E-state index contributed by atoms with van der Waals surface area (Å²) in [5.74, 6) is 0.656. The van der Waals surface area contributed by atoms with Gasteiger partial charge in [-0.1, -0.05) is 11.6 Å². The van der Waals surface area contributed by atoms with Crippen molar-refractivity contribution in [2.75, 3.05) is 5.88 Å². The molecule has 0 radical (unpaired) electrons. The van der Waals surface area contributed by atoms with Crippen molar-refractivity contribution in [3.8, 4) is 0 Å². The molecule has 0 aliphatic heterocycles. The Labute approximate surface area is 59.6 Å².